The fourth-order valence-electron chi connectivity index (χ4n) is 2.10. The van der Waals surface area contributed by atoms with E-state index in [2.05, 4.69) is 38.0 Å². The van der Waals surface area contributed by atoms with Gasteiger partial charge in [0.2, 0.25) is 0 Å². The number of nitrogens with zero attached hydrogens (tertiary/aromatic N) is 2. The first-order valence-electron chi connectivity index (χ1n) is 8.11. The lowest BCUT2D eigenvalue weighted by Gasteiger charge is -2.22. The maximum absolute atomic E-state index is 12.6. The number of nitrogens with one attached hydrogen (secondary N) is 1. The van der Waals surface area contributed by atoms with Crippen LogP contribution < -0.4 is 5.32 Å². The normalized spacial score (nSPS) is 10.7. The molecule has 0 bridgehead atoms. The van der Waals surface area contributed by atoms with E-state index in [1.165, 1.54) is 0 Å². The van der Waals surface area contributed by atoms with Crippen LogP contribution in [0.3, 0.4) is 0 Å². The van der Waals surface area contributed by atoms with Crippen molar-refractivity contribution in [2.24, 2.45) is 0 Å². The summed E-state index contributed by atoms with van der Waals surface area (Å²) in [6.07, 6.45) is 4.27. The summed E-state index contributed by atoms with van der Waals surface area (Å²) in [5.41, 5.74) is 0.535. The lowest BCUT2D eigenvalue weighted by atomic mass is 10.2. The molecule has 0 atom stereocenters. The third kappa shape index (κ3) is 6.15. The highest BCUT2D eigenvalue weighted by molar-refractivity contribution is 5.92. The minimum absolute atomic E-state index is 0.0457. The number of pyridine rings is 1. The van der Waals surface area contributed by atoms with Gasteiger partial charge in [-0.05, 0) is 38.8 Å². The standard InChI is InChI=1S/C17H29N3O/c1-5-7-12-20(13-8-6-2)17(21)15-10-9-11-16(19-15)18-14(3)4/h9-11,14H,5-8,12-13H2,1-4H3,(H,18,19). The number of unbranched alkanes of at least 4 members (excludes halogenated alkanes) is 2. The Labute approximate surface area is 129 Å². The molecule has 0 aliphatic rings. The van der Waals surface area contributed by atoms with Gasteiger partial charge in [-0.25, -0.2) is 4.98 Å². The maximum Gasteiger partial charge on any atom is 0.272 e. The van der Waals surface area contributed by atoms with Gasteiger partial charge in [-0.15, -0.1) is 0 Å². The van der Waals surface area contributed by atoms with Crippen molar-refractivity contribution >= 4 is 11.7 Å². The molecule has 4 nitrogen and oxygen atoms in total. The molecule has 0 fully saturated rings. The molecule has 1 heterocycles. The molecule has 0 radical (unpaired) electrons. The second kappa shape index (κ2) is 9.37. The second-order valence-electron chi connectivity index (χ2n) is 5.71. The van der Waals surface area contributed by atoms with Crippen molar-refractivity contribution in [1.82, 2.24) is 9.88 Å². The Morgan fingerprint density at radius 2 is 1.81 bits per heavy atom. The molecule has 0 aliphatic carbocycles. The average Bonchev–Trinajstić information content (AvgIpc) is 2.46. The summed E-state index contributed by atoms with van der Waals surface area (Å²) in [4.78, 5) is 19.0. The molecule has 1 amide bonds. The highest BCUT2D eigenvalue weighted by Gasteiger charge is 2.16. The fourth-order valence-corrected chi connectivity index (χ4v) is 2.10. The van der Waals surface area contributed by atoms with Gasteiger partial charge in [-0.1, -0.05) is 32.8 Å². The highest BCUT2D eigenvalue weighted by atomic mass is 16.2. The molecule has 4 heteroatoms. The monoisotopic (exact) mass is 291 g/mol. The zero-order valence-electron chi connectivity index (χ0n) is 13.9. The van der Waals surface area contributed by atoms with E-state index in [0.29, 0.717) is 11.7 Å². The molecule has 0 saturated carbocycles. The molecule has 1 aromatic heterocycles. The minimum Gasteiger partial charge on any atom is -0.368 e. The van der Waals surface area contributed by atoms with Crippen molar-refractivity contribution < 1.29 is 4.79 Å². The summed E-state index contributed by atoms with van der Waals surface area (Å²) in [7, 11) is 0. The Morgan fingerprint density at radius 1 is 1.19 bits per heavy atom. The lowest BCUT2D eigenvalue weighted by molar-refractivity contribution is 0.0745. The molecular weight excluding hydrogens is 262 g/mol. The molecule has 1 N–H and O–H groups in total. The van der Waals surface area contributed by atoms with Crippen molar-refractivity contribution in [1.29, 1.82) is 0 Å². The van der Waals surface area contributed by atoms with E-state index in [1.807, 2.05) is 17.0 Å². The van der Waals surface area contributed by atoms with Crippen molar-refractivity contribution in [3.63, 3.8) is 0 Å². The van der Waals surface area contributed by atoms with Crippen LogP contribution in [0.4, 0.5) is 5.82 Å². The van der Waals surface area contributed by atoms with Crippen LogP contribution in [0.15, 0.2) is 18.2 Å². The minimum atomic E-state index is 0.0457. The van der Waals surface area contributed by atoms with E-state index in [0.717, 1.165) is 44.6 Å². The van der Waals surface area contributed by atoms with Crippen LogP contribution in [0.5, 0.6) is 0 Å². The molecule has 0 unspecified atom stereocenters. The molecule has 0 aromatic carbocycles. The van der Waals surface area contributed by atoms with Crippen LogP contribution in [0, 0.1) is 0 Å². The van der Waals surface area contributed by atoms with Gasteiger partial charge in [0.15, 0.2) is 0 Å². The van der Waals surface area contributed by atoms with Gasteiger partial charge in [0, 0.05) is 19.1 Å². The Morgan fingerprint density at radius 3 is 2.33 bits per heavy atom. The van der Waals surface area contributed by atoms with Crippen LogP contribution >= 0.6 is 0 Å². The lowest BCUT2D eigenvalue weighted by Crippen LogP contribution is -2.33. The summed E-state index contributed by atoms with van der Waals surface area (Å²) < 4.78 is 0. The van der Waals surface area contributed by atoms with Gasteiger partial charge in [-0.3, -0.25) is 4.79 Å². The third-order valence-corrected chi connectivity index (χ3v) is 3.26. The topological polar surface area (TPSA) is 45.2 Å². The molecular formula is C17H29N3O. The van der Waals surface area contributed by atoms with Gasteiger partial charge in [-0.2, -0.15) is 0 Å². The molecule has 118 valence electrons. The number of hydrogen-bond acceptors (Lipinski definition) is 3. The maximum atomic E-state index is 12.6. The van der Waals surface area contributed by atoms with E-state index in [4.69, 9.17) is 0 Å². The number of hydrogen-bond donors (Lipinski definition) is 1. The summed E-state index contributed by atoms with van der Waals surface area (Å²) >= 11 is 0. The van der Waals surface area contributed by atoms with Gasteiger partial charge in [0.05, 0.1) is 0 Å². The van der Waals surface area contributed by atoms with Crippen LogP contribution in [0.2, 0.25) is 0 Å². The summed E-state index contributed by atoms with van der Waals surface area (Å²) in [6, 6.07) is 5.90. The van der Waals surface area contributed by atoms with Gasteiger partial charge in [0.1, 0.15) is 11.5 Å². The molecule has 0 aliphatic heterocycles. The Bertz CT molecular complexity index is 424. The number of rotatable bonds is 9. The SMILES string of the molecule is CCCCN(CCCC)C(=O)c1cccc(NC(C)C)n1. The largest absolute Gasteiger partial charge is 0.368 e. The zero-order chi connectivity index (χ0) is 15.7. The Kier molecular flexibility index (Phi) is 7.80. The predicted octanol–water partition coefficient (Wildman–Crippen LogP) is 3.94. The third-order valence-electron chi connectivity index (χ3n) is 3.26. The van der Waals surface area contributed by atoms with E-state index in [9.17, 15) is 4.79 Å². The highest BCUT2D eigenvalue weighted by Crippen LogP contribution is 2.10. The molecule has 0 spiro atoms. The van der Waals surface area contributed by atoms with Crippen LogP contribution in [0.1, 0.15) is 63.9 Å². The Balaban J connectivity index is 2.81. The number of carbonyl (C=O) groups is 1. The van der Waals surface area contributed by atoms with Crippen molar-refractivity contribution in [3.8, 4) is 0 Å². The molecule has 1 rings (SSSR count). The van der Waals surface area contributed by atoms with Crippen molar-refractivity contribution in [2.75, 3.05) is 18.4 Å². The van der Waals surface area contributed by atoms with E-state index in [-0.39, 0.29) is 5.91 Å². The first kappa shape index (κ1) is 17.5. The zero-order valence-corrected chi connectivity index (χ0v) is 13.9. The number of amides is 1. The van der Waals surface area contributed by atoms with E-state index >= 15 is 0 Å². The summed E-state index contributed by atoms with van der Waals surface area (Å²) in [5.74, 6) is 0.811. The van der Waals surface area contributed by atoms with Crippen molar-refractivity contribution in [3.05, 3.63) is 23.9 Å². The second-order valence-corrected chi connectivity index (χ2v) is 5.71. The van der Waals surface area contributed by atoms with Gasteiger partial charge in [0.25, 0.3) is 5.91 Å². The van der Waals surface area contributed by atoms with Gasteiger partial charge >= 0.3 is 0 Å². The van der Waals surface area contributed by atoms with Crippen LogP contribution in [-0.2, 0) is 0 Å². The van der Waals surface area contributed by atoms with Crippen LogP contribution in [0.25, 0.3) is 0 Å². The summed E-state index contributed by atoms with van der Waals surface area (Å²) in [6.45, 7) is 10.1. The van der Waals surface area contributed by atoms with Crippen LogP contribution in [-0.4, -0.2) is 34.9 Å². The van der Waals surface area contributed by atoms with Crippen molar-refractivity contribution in [2.45, 2.75) is 59.4 Å². The van der Waals surface area contributed by atoms with E-state index < -0.39 is 0 Å². The summed E-state index contributed by atoms with van der Waals surface area (Å²) in [5, 5.41) is 3.24. The molecule has 0 saturated heterocycles. The Hall–Kier alpha value is -1.58. The number of aromatic nitrogens is 1. The molecule has 21 heavy (non-hydrogen) atoms. The number of carbonyl (C=O) groups excluding carboxylic acids is 1. The predicted molar refractivity (Wildman–Crippen MR) is 88.7 cm³/mol. The van der Waals surface area contributed by atoms with Gasteiger partial charge < -0.3 is 10.2 Å². The fraction of sp³-hybridized carbons (Fsp3) is 0.647. The quantitative estimate of drug-likeness (QED) is 0.749. The average molecular weight is 291 g/mol. The first-order chi connectivity index (χ1) is 10.1. The smallest absolute Gasteiger partial charge is 0.272 e. The first-order valence-corrected chi connectivity index (χ1v) is 8.11. The van der Waals surface area contributed by atoms with E-state index in [1.54, 1.807) is 6.07 Å². The molecule has 1 aromatic rings. The number of anilines is 1.